The number of hydrogen-bond donors (Lipinski definition) is 0. The van der Waals surface area contributed by atoms with Gasteiger partial charge in [-0.2, -0.15) is 0 Å². The minimum atomic E-state index is -0.208. The van der Waals surface area contributed by atoms with Crippen molar-refractivity contribution in [1.82, 2.24) is 0 Å². The van der Waals surface area contributed by atoms with Gasteiger partial charge in [-0.25, -0.2) is 4.39 Å². The van der Waals surface area contributed by atoms with E-state index < -0.39 is 0 Å². The number of unbranched alkanes of at least 4 members (excludes halogenated alkanes) is 1. The largest absolute Gasteiger partial charge is 0.261 e. The zero-order chi connectivity index (χ0) is 13.5. The van der Waals surface area contributed by atoms with E-state index in [0.717, 1.165) is 23.6 Å². The monoisotopic (exact) mass is 261 g/mol. The Hall–Kier alpha value is -1.18. The second-order valence-corrected chi connectivity index (χ2v) is 5.68. The molecule has 1 aliphatic rings. The van der Waals surface area contributed by atoms with Crippen LogP contribution in [0.25, 0.3) is 0 Å². The van der Waals surface area contributed by atoms with E-state index in [1.54, 1.807) is 6.07 Å². The third-order valence-electron chi connectivity index (χ3n) is 4.07. The SMILES string of the molecule is Cc1ccc(F)cc1/N=C\CCCC1CCCCC1. The summed E-state index contributed by atoms with van der Waals surface area (Å²) in [6.07, 6.45) is 12.6. The van der Waals surface area contributed by atoms with Gasteiger partial charge in [0.15, 0.2) is 0 Å². The van der Waals surface area contributed by atoms with E-state index in [-0.39, 0.29) is 5.82 Å². The summed E-state index contributed by atoms with van der Waals surface area (Å²) in [7, 11) is 0. The molecule has 0 atom stereocenters. The zero-order valence-corrected chi connectivity index (χ0v) is 11.9. The van der Waals surface area contributed by atoms with E-state index in [1.165, 1.54) is 57.1 Å². The fraction of sp³-hybridized carbons (Fsp3) is 0.588. The normalized spacial score (nSPS) is 17.2. The molecule has 1 aliphatic carbocycles. The summed E-state index contributed by atoms with van der Waals surface area (Å²) in [5, 5.41) is 0. The maximum atomic E-state index is 13.1. The summed E-state index contributed by atoms with van der Waals surface area (Å²) in [4.78, 5) is 4.38. The molecule has 0 heterocycles. The molecule has 0 radical (unpaired) electrons. The van der Waals surface area contributed by atoms with Gasteiger partial charge < -0.3 is 0 Å². The van der Waals surface area contributed by atoms with Crippen LogP contribution in [0.1, 0.15) is 56.9 Å². The Morgan fingerprint density at radius 2 is 2.05 bits per heavy atom. The molecule has 1 aromatic carbocycles. The van der Waals surface area contributed by atoms with Crippen molar-refractivity contribution in [2.24, 2.45) is 10.9 Å². The summed E-state index contributed by atoms with van der Waals surface area (Å²) in [6, 6.07) is 4.77. The lowest BCUT2D eigenvalue weighted by Gasteiger charge is -2.20. The maximum absolute atomic E-state index is 13.1. The first-order valence-electron chi connectivity index (χ1n) is 7.54. The van der Waals surface area contributed by atoms with E-state index in [1.807, 2.05) is 13.1 Å². The first kappa shape index (κ1) is 14.2. The van der Waals surface area contributed by atoms with Crippen LogP contribution in [0.5, 0.6) is 0 Å². The average Bonchev–Trinajstić information content (AvgIpc) is 2.43. The molecule has 1 nitrogen and oxygen atoms in total. The minimum absolute atomic E-state index is 0.208. The lowest BCUT2D eigenvalue weighted by atomic mass is 9.86. The maximum Gasteiger partial charge on any atom is 0.125 e. The van der Waals surface area contributed by atoms with Crippen LogP contribution in [0.2, 0.25) is 0 Å². The first-order chi connectivity index (χ1) is 9.25. The van der Waals surface area contributed by atoms with Crippen molar-refractivity contribution in [3.8, 4) is 0 Å². The molecule has 0 bridgehead atoms. The molecule has 0 aliphatic heterocycles. The highest BCUT2D eigenvalue weighted by Gasteiger charge is 2.12. The summed E-state index contributed by atoms with van der Waals surface area (Å²) >= 11 is 0. The standard InChI is InChI=1S/C17H24FN/c1-14-10-11-16(18)13-17(14)19-12-6-5-9-15-7-3-2-4-8-15/h10-13,15H,2-9H2,1H3/b19-12-. The average molecular weight is 261 g/mol. The first-order valence-corrected chi connectivity index (χ1v) is 7.54. The summed E-state index contributed by atoms with van der Waals surface area (Å²) in [5.41, 5.74) is 1.79. The van der Waals surface area contributed by atoms with Gasteiger partial charge in [0, 0.05) is 6.21 Å². The summed E-state index contributed by atoms with van der Waals surface area (Å²) in [5.74, 6) is 0.734. The van der Waals surface area contributed by atoms with Crippen LogP contribution >= 0.6 is 0 Å². The second kappa shape index (κ2) is 7.42. The Labute approximate surface area is 116 Å². The molecule has 2 rings (SSSR count). The van der Waals surface area contributed by atoms with Gasteiger partial charge in [-0.1, -0.05) is 44.6 Å². The predicted octanol–water partition coefficient (Wildman–Crippen LogP) is 5.59. The molecule has 0 spiro atoms. The Balaban J connectivity index is 1.72. The lowest BCUT2D eigenvalue weighted by molar-refractivity contribution is 0.334. The van der Waals surface area contributed by atoms with Crippen molar-refractivity contribution in [1.29, 1.82) is 0 Å². The van der Waals surface area contributed by atoms with Crippen molar-refractivity contribution in [3.05, 3.63) is 29.6 Å². The molecule has 19 heavy (non-hydrogen) atoms. The molecule has 104 valence electrons. The molecular formula is C17H24FN. The van der Waals surface area contributed by atoms with Gasteiger partial charge >= 0.3 is 0 Å². The summed E-state index contributed by atoms with van der Waals surface area (Å²) < 4.78 is 13.1. The topological polar surface area (TPSA) is 12.4 Å². The molecular weight excluding hydrogens is 237 g/mol. The van der Waals surface area contributed by atoms with Gasteiger partial charge in [0.2, 0.25) is 0 Å². The minimum Gasteiger partial charge on any atom is -0.261 e. The molecule has 1 aromatic rings. The summed E-state index contributed by atoms with van der Waals surface area (Å²) in [6.45, 7) is 1.97. The highest BCUT2D eigenvalue weighted by Crippen LogP contribution is 2.27. The van der Waals surface area contributed by atoms with Crippen molar-refractivity contribution in [2.45, 2.75) is 58.3 Å². The third-order valence-corrected chi connectivity index (χ3v) is 4.07. The fourth-order valence-electron chi connectivity index (χ4n) is 2.86. The number of halogens is 1. The number of nitrogens with zero attached hydrogens (tertiary/aromatic N) is 1. The number of benzene rings is 1. The number of aryl methyl sites for hydroxylation is 1. The number of aliphatic imine (C=N–C) groups is 1. The zero-order valence-electron chi connectivity index (χ0n) is 11.9. The molecule has 2 heteroatoms. The van der Waals surface area contributed by atoms with E-state index in [4.69, 9.17) is 0 Å². The molecule has 1 fully saturated rings. The van der Waals surface area contributed by atoms with Gasteiger partial charge in [-0.3, -0.25) is 4.99 Å². The van der Waals surface area contributed by atoms with Crippen LogP contribution in [-0.2, 0) is 0 Å². The van der Waals surface area contributed by atoms with E-state index >= 15 is 0 Å². The van der Waals surface area contributed by atoms with Crippen LogP contribution in [0.4, 0.5) is 10.1 Å². The highest BCUT2D eigenvalue weighted by molar-refractivity contribution is 5.64. The number of rotatable bonds is 5. The van der Waals surface area contributed by atoms with Gasteiger partial charge in [-0.15, -0.1) is 0 Å². The molecule has 0 N–H and O–H groups in total. The molecule has 0 unspecified atom stereocenters. The highest BCUT2D eigenvalue weighted by atomic mass is 19.1. The van der Waals surface area contributed by atoms with Crippen LogP contribution < -0.4 is 0 Å². The quantitative estimate of drug-likeness (QED) is 0.484. The van der Waals surface area contributed by atoms with Crippen LogP contribution in [-0.4, -0.2) is 6.21 Å². The van der Waals surface area contributed by atoms with Gasteiger partial charge in [0.05, 0.1) is 5.69 Å². The Morgan fingerprint density at radius 3 is 2.84 bits per heavy atom. The smallest absolute Gasteiger partial charge is 0.125 e. The molecule has 1 saturated carbocycles. The van der Waals surface area contributed by atoms with Crippen molar-refractivity contribution in [2.75, 3.05) is 0 Å². The van der Waals surface area contributed by atoms with E-state index in [0.29, 0.717) is 0 Å². The van der Waals surface area contributed by atoms with E-state index in [2.05, 4.69) is 4.99 Å². The van der Waals surface area contributed by atoms with Crippen molar-refractivity contribution in [3.63, 3.8) is 0 Å². The second-order valence-electron chi connectivity index (χ2n) is 5.68. The Bertz CT molecular complexity index is 419. The Morgan fingerprint density at radius 1 is 1.26 bits per heavy atom. The van der Waals surface area contributed by atoms with Crippen LogP contribution in [0, 0.1) is 18.7 Å². The van der Waals surface area contributed by atoms with Gasteiger partial charge in [-0.05, 0) is 43.4 Å². The Kier molecular flexibility index (Phi) is 5.56. The van der Waals surface area contributed by atoms with Gasteiger partial charge in [0.1, 0.15) is 5.82 Å². The molecule has 0 aromatic heterocycles. The van der Waals surface area contributed by atoms with Crippen LogP contribution in [0.15, 0.2) is 23.2 Å². The van der Waals surface area contributed by atoms with Gasteiger partial charge in [0.25, 0.3) is 0 Å². The number of hydrogen-bond acceptors (Lipinski definition) is 1. The van der Waals surface area contributed by atoms with Crippen molar-refractivity contribution < 1.29 is 4.39 Å². The predicted molar refractivity (Wildman–Crippen MR) is 79.7 cm³/mol. The molecule has 0 amide bonds. The fourth-order valence-corrected chi connectivity index (χ4v) is 2.86. The molecule has 0 saturated heterocycles. The lowest BCUT2D eigenvalue weighted by Crippen LogP contribution is -2.05. The van der Waals surface area contributed by atoms with Crippen LogP contribution in [0.3, 0.4) is 0 Å². The van der Waals surface area contributed by atoms with Crippen molar-refractivity contribution >= 4 is 11.9 Å². The van der Waals surface area contributed by atoms with E-state index in [9.17, 15) is 4.39 Å². The third kappa shape index (κ3) is 4.77.